The third-order valence-electron chi connectivity index (χ3n) is 3.87. The number of benzene rings is 1. The number of unbranched alkanes of at least 4 members (excludes halogenated alkanes) is 3. The zero-order valence-corrected chi connectivity index (χ0v) is 15.1. The van der Waals surface area contributed by atoms with Crippen LogP contribution in [0.25, 0.3) is 0 Å². The minimum atomic E-state index is -0.200. The first-order chi connectivity index (χ1) is 11.6. The molecule has 0 radical (unpaired) electrons. The molecule has 1 aromatic rings. The molecule has 0 aliphatic heterocycles. The molecule has 1 aromatic carbocycles. The maximum absolute atomic E-state index is 12.0. The van der Waals surface area contributed by atoms with Gasteiger partial charge in [0.15, 0.2) is 0 Å². The lowest BCUT2D eigenvalue weighted by Crippen LogP contribution is -2.35. The van der Waals surface area contributed by atoms with Crippen LogP contribution in [0.1, 0.15) is 62.7 Å². The number of amides is 2. The Bertz CT molecular complexity index is 517. The number of carbonyl (C=O) groups is 2. The van der Waals surface area contributed by atoms with Gasteiger partial charge in [0.25, 0.3) is 5.91 Å². The molecular formula is C19H30N2O3. The molecule has 0 spiro atoms. The Morgan fingerprint density at radius 2 is 2.00 bits per heavy atom. The normalized spacial score (nSPS) is 11.6. The summed E-state index contributed by atoms with van der Waals surface area (Å²) in [5, 5.41) is 5.74. The van der Waals surface area contributed by atoms with Crippen molar-refractivity contribution in [2.24, 2.45) is 0 Å². The Balaban J connectivity index is 2.23. The Labute approximate surface area is 145 Å². The second kappa shape index (κ2) is 11.5. The summed E-state index contributed by atoms with van der Waals surface area (Å²) in [5.41, 5.74) is 0.527. The maximum Gasteiger partial charge on any atom is 0.251 e. The first kappa shape index (κ1) is 20.0. The quantitative estimate of drug-likeness (QED) is 0.610. The number of carbonyl (C=O) groups excluding carboxylic acids is 2. The molecule has 0 bridgehead atoms. The van der Waals surface area contributed by atoms with Crippen LogP contribution in [0.3, 0.4) is 0 Å². The molecule has 0 aliphatic carbocycles. The van der Waals surface area contributed by atoms with Crippen LogP contribution >= 0.6 is 0 Å². The van der Waals surface area contributed by atoms with E-state index >= 15 is 0 Å². The Morgan fingerprint density at radius 3 is 2.71 bits per heavy atom. The average molecular weight is 334 g/mol. The lowest BCUT2D eigenvalue weighted by atomic mass is 10.1. The molecule has 1 rings (SSSR count). The third kappa shape index (κ3) is 7.99. The fourth-order valence-corrected chi connectivity index (χ4v) is 2.45. The van der Waals surface area contributed by atoms with Gasteiger partial charge >= 0.3 is 0 Å². The van der Waals surface area contributed by atoms with Crippen LogP contribution in [0.2, 0.25) is 0 Å². The van der Waals surface area contributed by atoms with Crippen molar-refractivity contribution >= 4 is 11.8 Å². The fraction of sp³-hybridized carbons (Fsp3) is 0.579. The molecule has 24 heavy (non-hydrogen) atoms. The minimum absolute atomic E-state index is 0.0241. The molecule has 0 aliphatic rings. The van der Waals surface area contributed by atoms with E-state index in [-0.39, 0.29) is 24.3 Å². The minimum Gasteiger partial charge on any atom is -0.497 e. The second-order valence-electron chi connectivity index (χ2n) is 6.06. The number of rotatable bonds is 11. The molecule has 0 heterocycles. The number of ether oxygens (including phenoxy) is 1. The first-order valence-electron chi connectivity index (χ1n) is 8.78. The van der Waals surface area contributed by atoms with Crippen molar-refractivity contribution in [2.45, 2.75) is 58.4 Å². The number of hydrogen-bond donors (Lipinski definition) is 2. The first-order valence-corrected chi connectivity index (χ1v) is 8.78. The highest BCUT2D eigenvalue weighted by Crippen LogP contribution is 2.12. The summed E-state index contributed by atoms with van der Waals surface area (Å²) in [6, 6.07) is 7.13. The van der Waals surface area contributed by atoms with Crippen molar-refractivity contribution in [3.63, 3.8) is 0 Å². The van der Waals surface area contributed by atoms with E-state index in [0.717, 1.165) is 12.8 Å². The van der Waals surface area contributed by atoms with Crippen molar-refractivity contribution in [1.29, 1.82) is 0 Å². The molecule has 134 valence electrons. The molecular weight excluding hydrogens is 304 g/mol. The summed E-state index contributed by atoms with van der Waals surface area (Å²) >= 11 is 0. The van der Waals surface area contributed by atoms with Crippen LogP contribution in [0, 0.1) is 0 Å². The predicted octanol–water partition coefficient (Wildman–Crippen LogP) is 3.29. The highest BCUT2D eigenvalue weighted by Gasteiger charge is 2.09. The average Bonchev–Trinajstić information content (AvgIpc) is 2.58. The molecule has 0 saturated heterocycles. The monoisotopic (exact) mass is 334 g/mol. The highest BCUT2D eigenvalue weighted by atomic mass is 16.5. The Hall–Kier alpha value is -2.04. The summed E-state index contributed by atoms with van der Waals surface area (Å²) in [4.78, 5) is 23.9. The number of hydrogen-bond acceptors (Lipinski definition) is 3. The molecule has 0 fully saturated rings. The van der Waals surface area contributed by atoms with Crippen molar-refractivity contribution in [2.75, 3.05) is 13.7 Å². The summed E-state index contributed by atoms with van der Waals surface area (Å²) in [6.07, 6.45) is 6.11. The molecule has 5 nitrogen and oxygen atoms in total. The van der Waals surface area contributed by atoms with Gasteiger partial charge in [-0.3, -0.25) is 9.59 Å². The van der Waals surface area contributed by atoms with Crippen LogP contribution in [-0.4, -0.2) is 31.5 Å². The van der Waals surface area contributed by atoms with Gasteiger partial charge < -0.3 is 15.4 Å². The SMILES string of the molecule is CCCCCCC(C)NC(=O)CCNC(=O)c1cccc(OC)c1. The topological polar surface area (TPSA) is 67.4 Å². The van der Waals surface area contributed by atoms with E-state index < -0.39 is 0 Å². The van der Waals surface area contributed by atoms with Crippen molar-refractivity contribution in [3.05, 3.63) is 29.8 Å². The van der Waals surface area contributed by atoms with Gasteiger partial charge in [0.2, 0.25) is 5.91 Å². The van der Waals surface area contributed by atoms with Crippen LogP contribution < -0.4 is 15.4 Å². The van der Waals surface area contributed by atoms with E-state index in [1.807, 2.05) is 6.92 Å². The zero-order valence-electron chi connectivity index (χ0n) is 15.1. The van der Waals surface area contributed by atoms with Gasteiger partial charge in [-0.15, -0.1) is 0 Å². The van der Waals surface area contributed by atoms with Gasteiger partial charge in [-0.25, -0.2) is 0 Å². The van der Waals surface area contributed by atoms with E-state index in [1.54, 1.807) is 31.4 Å². The van der Waals surface area contributed by atoms with E-state index in [0.29, 0.717) is 17.9 Å². The lowest BCUT2D eigenvalue weighted by molar-refractivity contribution is -0.121. The van der Waals surface area contributed by atoms with E-state index in [1.165, 1.54) is 19.3 Å². The third-order valence-corrected chi connectivity index (χ3v) is 3.87. The van der Waals surface area contributed by atoms with Gasteiger partial charge in [0.05, 0.1) is 7.11 Å². The molecule has 2 N–H and O–H groups in total. The smallest absolute Gasteiger partial charge is 0.251 e. The van der Waals surface area contributed by atoms with E-state index in [9.17, 15) is 9.59 Å². The second-order valence-corrected chi connectivity index (χ2v) is 6.06. The van der Waals surface area contributed by atoms with Crippen LogP contribution in [0.15, 0.2) is 24.3 Å². The molecule has 5 heteroatoms. The fourth-order valence-electron chi connectivity index (χ4n) is 2.45. The van der Waals surface area contributed by atoms with E-state index in [2.05, 4.69) is 17.6 Å². The van der Waals surface area contributed by atoms with Gasteiger partial charge in [-0.2, -0.15) is 0 Å². The zero-order chi connectivity index (χ0) is 17.8. The van der Waals surface area contributed by atoms with Gasteiger partial charge in [-0.1, -0.05) is 38.7 Å². The van der Waals surface area contributed by atoms with Crippen LogP contribution in [0.4, 0.5) is 0 Å². The summed E-state index contributed by atoms with van der Waals surface area (Å²) in [5.74, 6) is 0.413. The molecule has 1 atom stereocenters. The number of methoxy groups -OCH3 is 1. The molecule has 1 unspecified atom stereocenters. The standard InChI is InChI=1S/C19H30N2O3/c1-4-5-6-7-9-15(2)21-18(22)12-13-20-19(23)16-10-8-11-17(14-16)24-3/h8,10-11,14-15H,4-7,9,12-13H2,1-3H3,(H,20,23)(H,21,22). The van der Waals surface area contributed by atoms with E-state index in [4.69, 9.17) is 4.74 Å². The largest absolute Gasteiger partial charge is 0.497 e. The van der Waals surface area contributed by atoms with Crippen LogP contribution in [0.5, 0.6) is 5.75 Å². The van der Waals surface area contributed by atoms with Gasteiger partial charge in [0, 0.05) is 24.6 Å². The Kier molecular flexibility index (Phi) is 9.58. The Morgan fingerprint density at radius 1 is 1.21 bits per heavy atom. The van der Waals surface area contributed by atoms with Crippen LogP contribution in [-0.2, 0) is 4.79 Å². The predicted molar refractivity (Wildman–Crippen MR) is 96.3 cm³/mol. The summed E-state index contributed by atoms with van der Waals surface area (Å²) < 4.78 is 5.09. The van der Waals surface area contributed by atoms with Gasteiger partial charge in [0.1, 0.15) is 5.75 Å². The van der Waals surface area contributed by atoms with Crippen molar-refractivity contribution in [1.82, 2.24) is 10.6 Å². The number of nitrogens with one attached hydrogen (secondary N) is 2. The lowest BCUT2D eigenvalue weighted by Gasteiger charge is -2.14. The van der Waals surface area contributed by atoms with Crippen molar-refractivity contribution in [3.8, 4) is 5.75 Å². The molecule has 0 saturated carbocycles. The van der Waals surface area contributed by atoms with Gasteiger partial charge in [-0.05, 0) is 31.5 Å². The molecule has 0 aromatic heterocycles. The molecule has 2 amide bonds. The summed E-state index contributed by atoms with van der Waals surface area (Å²) in [6.45, 7) is 4.54. The van der Waals surface area contributed by atoms with Crippen molar-refractivity contribution < 1.29 is 14.3 Å². The highest BCUT2D eigenvalue weighted by molar-refractivity contribution is 5.94. The summed E-state index contributed by atoms with van der Waals surface area (Å²) in [7, 11) is 1.56. The maximum atomic E-state index is 12.0.